The largest absolute Gasteiger partial charge is 0.383 e. The van der Waals surface area contributed by atoms with Crippen molar-refractivity contribution < 1.29 is 9.47 Å². The lowest BCUT2D eigenvalue weighted by Crippen LogP contribution is -2.32. The zero-order valence-corrected chi connectivity index (χ0v) is 12.3. The minimum Gasteiger partial charge on any atom is -0.383 e. The van der Waals surface area contributed by atoms with Crippen LogP contribution in [-0.4, -0.2) is 57.0 Å². The van der Waals surface area contributed by atoms with Crippen molar-refractivity contribution in [1.29, 1.82) is 0 Å². The Hall–Kier alpha value is -1.40. The molecule has 108 valence electrons. The average Bonchev–Trinajstić information content (AvgIpc) is 2.42. The standard InChI is InChI=1S/C13H24N4O2/c1-5-14-12-11(2)13(16-10-15-12)17(6-8-18-3)7-9-19-4/h10H,5-9H2,1-4H3,(H,14,15,16). The van der Waals surface area contributed by atoms with Crippen molar-refractivity contribution in [3.63, 3.8) is 0 Å². The highest BCUT2D eigenvalue weighted by molar-refractivity contribution is 5.57. The highest BCUT2D eigenvalue weighted by atomic mass is 16.5. The molecule has 19 heavy (non-hydrogen) atoms. The molecular weight excluding hydrogens is 244 g/mol. The summed E-state index contributed by atoms with van der Waals surface area (Å²) in [7, 11) is 3.40. The third-order valence-corrected chi connectivity index (χ3v) is 2.83. The van der Waals surface area contributed by atoms with E-state index in [0.717, 1.165) is 36.8 Å². The van der Waals surface area contributed by atoms with Gasteiger partial charge in [-0.3, -0.25) is 0 Å². The van der Waals surface area contributed by atoms with E-state index in [-0.39, 0.29) is 0 Å². The van der Waals surface area contributed by atoms with E-state index in [1.807, 2.05) is 6.92 Å². The summed E-state index contributed by atoms with van der Waals surface area (Å²) in [6.07, 6.45) is 1.59. The van der Waals surface area contributed by atoms with E-state index < -0.39 is 0 Å². The molecule has 0 aromatic carbocycles. The third kappa shape index (κ3) is 4.65. The summed E-state index contributed by atoms with van der Waals surface area (Å²) in [5.41, 5.74) is 1.05. The molecule has 0 bridgehead atoms. The topological polar surface area (TPSA) is 59.5 Å². The molecule has 0 aliphatic rings. The van der Waals surface area contributed by atoms with Gasteiger partial charge in [0.15, 0.2) is 0 Å². The normalized spacial score (nSPS) is 10.5. The van der Waals surface area contributed by atoms with Crippen LogP contribution in [-0.2, 0) is 9.47 Å². The molecule has 1 N–H and O–H groups in total. The monoisotopic (exact) mass is 268 g/mol. The van der Waals surface area contributed by atoms with E-state index >= 15 is 0 Å². The highest BCUT2D eigenvalue weighted by Crippen LogP contribution is 2.21. The van der Waals surface area contributed by atoms with Crippen LogP contribution in [0.3, 0.4) is 0 Å². The van der Waals surface area contributed by atoms with Crippen LogP contribution in [0.5, 0.6) is 0 Å². The van der Waals surface area contributed by atoms with E-state index in [9.17, 15) is 0 Å². The molecule has 1 aromatic heterocycles. The Morgan fingerprint density at radius 1 is 1.16 bits per heavy atom. The molecule has 0 fully saturated rings. The Bertz CT molecular complexity index is 366. The van der Waals surface area contributed by atoms with Crippen LogP contribution in [0.25, 0.3) is 0 Å². The maximum Gasteiger partial charge on any atom is 0.137 e. The Balaban J connectivity index is 2.89. The summed E-state index contributed by atoms with van der Waals surface area (Å²) in [5.74, 6) is 1.81. The average molecular weight is 268 g/mol. The number of aromatic nitrogens is 2. The van der Waals surface area contributed by atoms with Gasteiger partial charge in [-0.25, -0.2) is 9.97 Å². The van der Waals surface area contributed by atoms with E-state index in [1.54, 1.807) is 20.5 Å². The van der Waals surface area contributed by atoms with Gasteiger partial charge < -0.3 is 19.7 Å². The van der Waals surface area contributed by atoms with Gasteiger partial charge in [-0.1, -0.05) is 0 Å². The summed E-state index contributed by atoms with van der Waals surface area (Å²) in [6, 6.07) is 0. The number of nitrogens with one attached hydrogen (secondary N) is 1. The van der Waals surface area contributed by atoms with Crippen molar-refractivity contribution >= 4 is 11.6 Å². The number of methoxy groups -OCH3 is 2. The molecule has 1 heterocycles. The highest BCUT2D eigenvalue weighted by Gasteiger charge is 2.13. The molecule has 0 radical (unpaired) electrons. The van der Waals surface area contributed by atoms with Crippen molar-refractivity contribution in [1.82, 2.24) is 9.97 Å². The molecule has 0 aliphatic carbocycles. The molecule has 0 aliphatic heterocycles. The lowest BCUT2D eigenvalue weighted by atomic mass is 10.2. The predicted octanol–water partition coefficient (Wildman–Crippen LogP) is 1.32. The zero-order chi connectivity index (χ0) is 14.1. The smallest absolute Gasteiger partial charge is 0.137 e. The zero-order valence-electron chi connectivity index (χ0n) is 12.3. The second-order valence-corrected chi connectivity index (χ2v) is 4.17. The van der Waals surface area contributed by atoms with E-state index in [0.29, 0.717) is 13.2 Å². The molecule has 1 rings (SSSR count). The van der Waals surface area contributed by atoms with Crippen LogP contribution in [0.15, 0.2) is 6.33 Å². The molecule has 0 amide bonds. The molecule has 6 nitrogen and oxygen atoms in total. The summed E-state index contributed by atoms with van der Waals surface area (Å²) in [5, 5.41) is 3.24. The van der Waals surface area contributed by atoms with Gasteiger partial charge in [-0.2, -0.15) is 0 Å². The van der Waals surface area contributed by atoms with Gasteiger partial charge >= 0.3 is 0 Å². The number of rotatable bonds is 9. The van der Waals surface area contributed by atoms with Crippen LogP contribution in [0.2, 0.25) is 0 Å². The van der Waals surface area contributed by atoms with Gasteiger partial charge in [0.2, 0.25) is 0 Å². The molecule has 0 saturated carbocycles. The summed E-state index contributed by atoms with van der Waals surface area (Å²) in [6.45, 7) is 7.79. The Morgan fingerprint density at radius 3 is 2.32 bits per heavy atom. The van der Waals surface area contributed by atoms with Gasteiger partial charge in [0, 0.05) is 39.4 Å². The summed E-state index contributed by atoms with van der Waals surface area (Å²) >= 11 is 0. The van der Waals surface area contributed by atoms with Crippen molar-refractivity contribution in [2.45, 2.75) is 13.8 Å². The van der Waals surface area contributed by atoms with Gasteiger partial charge in [0.25, 0.3) is 0 Å². The number of ether oxygens (including phenoxy) is 2. The van der Waals surface area contributed by atoms with Crippen LogP contribution < -0.4 is 10.2 Å². The number of hydrogen-bond acceptors (Lipinski definition) is 6. The second kappa shape index (κ2) is 8.66. The SMILES string of the molecule is CCNc1ncnc(N(CCOC)CCOC)c1C. The minimum atomic E-state index is 0.656. The lowest BCUT2D eigenvalue weighted by Gasteiger charge is -2.25. The lowest BCUT2D eigenvalue weighted by molar-refractivity contribution is 0.190. The van der Waals surface area contributed by atoms with Crippen LogP contribution in [0.4, 0.5) is 11.6 Å². The Labute approximate surface area is 115 Å². The van der Waals surface area contributed by atoms with Crippen molar-refractivity contribution in [3.05, 3.63) is 11.9 Å². The van der Waals surface area contributed by atoms with Gasteiger partial charge in [0.05, 0.1) is 13.2 Å². The molecule has 0 atom stereocenters. The first-order valence-corrected chi connectivity index (χ1v) is 6.52. The van der Waals surface area contributed by atoms with Crippen molar-refractivity contribution in [3.8, 4) is 0 Å². The van der Waals surface area contributed by atoms with Crippen LogP contribution in [0, 0.1) is 6.92 Å². The molecule has 0 saturated heterocycles. The molecule has 1 aromatic rings. The fraction of sp³-hybridized carbons (Fsp3) is 0.692. The first-order valence-electron chi connectivity index (χ1n) is 6.52. The Morgan fingerprint density at radius 2 is 1.79 bits per heavy atom. The fourth-order valence-electron chi connectivity index (χ4n) is 1.83. The first-order chi connectivity index (χ1) is 9.24. The third-order valence-electron chi connectivity index (χ3n) is 2.83. The predicted molar refractivity (Wildman–Crippen MR) is 76.9 cm³/mol. The number of hydrogen-bond donors (Lipinski definition) is 1. The first kappa shape index (κ1) is 15.7. The fourth-order valence-corrected chi connectivity index (χ4v) is 1.83. The number of nitrogens with zero attached hydrogens (tertiary/aromatic N) is 3. The van der Waals surface area contributed by atoms with Gasteiger partial charge in [0.1, 0.15) is 18.0 Å². The maximum atomic E-state index is 5.15. The van der Waals surface area contributed by atoms with E-state index in [2.05, 4.69) is 27.1 Å². The summed E-state index contributed by atoms with van der Waals surface area (Å²) < 4.78 is 10.3. The Kier molecular flexibility index (Phi) is 7.14. The van der Waals surface area contributed by atoms with Crippen molar-refractivity contribution in [2.75, 3.05) is 57.3 Å². The molecule has 0 spiro atoms. The molecular formula is C13H24N4O2. The quantitative estimate of drug-likeness (QED) is 0.729. The maximum absolute atomic E-state index is 5.15. The van der Waals surface area contributed by atoms with Gasteiger partial charge in [-0.05, 0) is 13.8 Å². The molecule has 0 unspecified atom stereocenters. The number of anilines is 2. The van der Waals surface area contributed by atoms with Crippen LogP contribution >= 0.6 is 0 Å². The minimum absolute atomic E-state index is 0.656. The summed E-state index contributed by atoms with van der Waals surface area (Å²) in [4.78, 5) is 10.8. The molecule has 6 heteroatoms. The van der Waals surface area contributed by atoms with Crippen molar-refractivity contribution in [2.24, 2.45) is 0 Å². The van der Waals surface area contributed by atoms with Crippen LogP contribution in [0.1, 0.15) is 12.5 Å². The van der Waals surface area contributed by atoms with Gasteiger partial charge in [-0.15, -0.1) is 0 Å². The van der Waals surface area contributed by atoms with E-state index in [4.69, 9.17) is 9.47 Å². The van der Waals surface area contributed by atoms with E-state index in [1.165, 1.54) is 0 Å². The second-order valence-electron chi connectivity index (χ2n) is 4.17.